The van der Waals surface area contributed by atoms with Crippen LogP contribution in [0.25, 0.3) is 0 Å². The third kappa shape index (κ3) is 1.21. The van der Waals surface area contributed by atoms with Crippen LogP contribution in [0.1, 0.15) is 36.6 Å². The van der Waals surface area contributed by atoms with Gasteiger partial charge in [-0.15, -0.1) is 6.42 Å². The van der Waals surface area contributed by atoms with Crippen molar-refractivity contribution in [3.8, 4) is 12.3 Å². The van der Waals surface area contributed by atoms with E-state index in [0.29, 0.717) is 5.92 Å². The van der Waals surface area contributed by atoms with Crippen LogP contribution < -0.4 is 0 Å². The van der Waals surface area contributed by atoms with Crippen LogP contribution >= 0.6 is 0 Å². The van der Waals surface area contributed by atoms with Gasteiger partial charge in [-0.25, -0.2) is 4.98 Å². The zero-order valence-corrected chi connectivity index (χ0v) is 6.96. The topological polar surface area (TPSA) is 12.9 Å². The fourth-order valence-electron chi connectivity index (χ4n) is 1.46. The summed E-state index contributed by atoms with van der Waals surface area (Å²) in [5.41, 5.74) is 1.94. The predicted octanol–water partition coefficient (Wildman–Crippen LogP) is 2.33. The first-order valence-corrected chi connectivity index (χ1v) is 4.34. The first-order chi connectivity index (χ1) is 5.90. The highest BCUT2D eigenvalue weighted by molar-refractivity contribution is 5.27. The number of pyridine rings is 1. The molecule has 0 bridgehead atoms. The predicted molar refractivity (Wildman–Crippen MR) is 48.8 cm³/mol. The van der Waals surface area contributed by atoms with Gasteiger partial charge < -0.3 is 0 Å². The second kappa shape index (κ2) is 2.98. The maximum atomic E-state index is 5.27. The van der Waals surface area contributed by atoms with Crippen LogP contribution in [0.5, 0.6) is 0 Å². The van der Waals surface area contributed by atoms with Gasteiger partial charge in [-0.2, -0.15) is 0 Å². The number of hydrogen-bond donors (Lipinski definition) is 0. The number of hydrogen-bond acceptors (Lipinski definition) is 1. The Balaban J connectivity index is 2.27. The fraction of sp³-hybridized carbons (Fsp3) is 0.364. The van der Waals surface area contributed by atoms with E-state index >= 15 is 0 Å². The molecular formula is C11H11N. The summed E-state index contributed by atoms with van der Waals surface area (Å²) in [7, 11) is 0. The molecule has 1 saturated carbocycles. The lowest BCUT2D eigenvalue weighted by molar-refractivity contribution is 0.411. The maximum Gasteiger partial charge on any atom is 0.113 e. The van der Waals surface area contributed by atoms with E-state index in [2.05, 4.69) is 17.0 Å². The summed E-state index contributed by atoms with van der Waals surface area (Å²) in [6, 6.07) is 5.95. The molecule has 12 heavy (non-hydrogen) atoms. The van der Waals surface area contributed by atoms with Gasteiger partial charge >= 0.3 is 0 Å². The van der Waals surface area contributed by atoms with E-state index in [1.165, 1.54) is 25.0 Å². The van der Waals surface area contributed by atoms with Crippen molar-refractivity contribution in [2.75, 3.05) is 0 Å². The second-order valence-electron chi connectivity index (χ2n) is 3.22. The average molecular weight is 157 g/mol. The second-order valence-corrected chi connectivity index (χ2v) is 3.22. The van der Waals surface area contributed by atoms with Gasteiger partial charge in [0.25, 0.3) is 0 Å². The maximum absolute atomic E-state index is 5.27. The Kier molecular flexibility index (Phi) is 1.83. The lowest BCUT2D eigenvalue weighted by Gasteiger charge is -2.24. The zero-order chi connectivity index (χ0) is 8.39. The van der Waals surface area contributed by atoms with E-state index in [9.17, 15) is 0 Å². The lowest BCUT2D eigenvalue weighted by atomic mass is 9.83. The van der Waals surface area contributed by atoms with E-state index in [1.54, 1.807) is 0 Å². The molecule has 1 nitrogen and oxygen atoms in total. The smallest absolute Gasteiger partial charge is 0.113 e. The summed E-state index contributed by atoms with van der Waals surface area (Å²) in [6.45, 7) is 0. The first-order valence-electron chi connectivity index (χ1n) is 4.34. The van der Waals surface area contributed by atoms with Crippen LogP contribution in [0.15, 0.2) is 18.2 Å². The van der Waals surface area contributed by atoms with Crippen LogP contribution in [0.4, 0.5) is 0 Å². The minimum Gasteiger partial charge on any atom is -0.244 e. The molecule has 0 spiro atoms. The zero-order valence-electron chi connectivity index (χ0n) is 6.96. The first kappa shape index (κ1) is 7.36. The van der Waals surface area contributed by atoms with Gasteiger partial charge in [-0.1, -0.05) is 18.4 Å². The average Bonchev–Trinajstić information content (AvgIpc) is 2.02. The summed E-state index contributed by atoms with van der Waals surface area (Å²) < 4.78 is 0. The van der Waals surface area contributed by atoms with E-state index in [1.807, 2.05) is 12.1 Å². The Morgan fingerprint density at radius 1 is 1.42 bits per heavy atom. The van der Waals surface area contributed by atoms with E-state index in [4.69, 9.17) is 6.42 Å². The molecule has 2 rings (SSSR count). The largest absolute Gasteiger partial charge is 0.244 e. The summed E-state index contributed by atoms with van der Waals surface area (Å²) in [5.74, 6) is 3.24. The van der Waals surface area contributed by atoms with E-state index in [-0.39, 0.29) is 0 Å². The summed E-state index contributed by atoms with van der Waals surface area (Å²) >= 11 is 0. The molecule has 0 aromatic carbocycles. The lowest BCUT2D eigenvalue weighted by Crippen LogP contribution is -2.10. The standard InChI is InChI=1S/C11H11N/c1-2-10-7-4-8-11(12-10)9-5-3-6-9/h1,4,7-9H,3,5-6H2. The van der Waals surface area contributed by atoms with Gasteiger partial charge in [-0.3, -0.25) is 0 Å². The number of aromatic nitrogens is 1. The number of terminal acetylenes is 1. The molecule has 0 saturated heterocycles. The van der Waals surface area contributed by atoms with Crippen LogP contribution in [0, 0.1) is 12.3 Å². The normalized spacial score (nSPS) is 16.6. The van der Waals surface area contributed by atoms with Gasteiger partial charge in [0.05, 0.1) is 0 Å². The molecule has 0 amide bonds. The number of rotatable bonds is 1. The monoisotopic (exact) mass is 157 g/mol. The number of nitrogens with zero attached hydrogens (tertiary/aromatic N) is 1. The molecular weight excluding hydrogens is 146 g/mol. The molecule has 1 aliphatic rings. The Morgan fingerprint density at radius 3 is 2.83 bits per heavy atom. The minimum atomic E-state index is 0.679. The molecule has 60 valence electrons. The molecule has 1 heteroatoms. The van der Waals surface area contributed by atoms with Gasteiger partial charge in [0.15, 0.2) is 0 Å². The van der Waals surface area contributed by atoms with Crippen molar-refractivity contribution in [3.05, 3.63) is 29.6 Å². The Hall–Kier alpha value is -1.29. The summed E-state index contributed by atoms with van der Waals surface area (Å²) in [5, 5.41) is 0. The molecule has 1 fully saturated rings. The molecule has 0 atom stereocenters. The van der Waals surface area contributed by atoms with Crippen molar-refractivity contribution in [2.24, 2.45) is 0 Å². The molecule has 1 aromatic rings. The Morgan fingerprint density at radius 2 is 2.25 bits per heavy atom. The van der Waals surface area contributed by atoms with E-state index in [0.717, 1.165) is 5.69 Å². The van der Waals surface area contributed by atoms with Crippen molar-refractivity contribution in [1.29, 1.82) is 0 Å². The molecule has 1 aromatic heterocycles. The molecule has 0 N–H and O–H groups in total. The Bertz CT molecular complexity index is 318. The minimum absolute atomic E-state index is 0.679. The van der Waals surface area contributed by atoms with Crippen molar-refractivity contribution in [2.45, 2.75) is 25.2 Å². The van der Waals surface area contributed by atoms with Gasteiger partial charge in [0.1, 0.15) is 5.69 Å². The van der Waals surface area contributed by atoms with Gasteiger partial charge in [0, 0.05) is 11.6 Å². The highest BCUT2D eigenvalue weighted by Gasteiger charge is 2.20. The van der Waals surface area contributed by atoms with Crippen LogP contribution in [0.2, 0.25) is 0 Å². The molecule has 0 radical (unpaired) electrons. The molecule has 0 unspecified atom stereocenters. The van der Waals surface area contributed by atoms with Crippen molar-refractivity contribution >= 4 is 0 Å². The summed E-state index contributed by atoms with van der Waals surface area (Å²) in [4.78, 5) is 4.38. The molecule has 1 aliphatic carbocycles. The summed E-state index contributed by atoms with van der Waals surface area (Å²) in [6.07, 6.45) is 9.16. The van der Waals surface area contributed by atoms with Gasteiger partial charge in [0.2, 0.25) is 0 Å². The quantitative estimate of drug-likeness (QED) is 0.570. The highest BCUT2D eigenvalue weighted by Crippen LogP contribution is 2.34. The van der Waals surface area contributed by atoms with Crippen molar-refractivity contribution in [1.82, 2.24) is 4.98 Å². The highest BCUT2D eigenvalue weighted by atomic mass is 14.7. The molecule has 1 heterocycles. The van der Waals surface area contributed by atoms with Crippen LogP contribution in [0.3, 0.4) is 0 Å². The third-order valence-electron chi connectivity index (χ3n) is 2.44. The van der Waals surface area contributed by atoms with Crippen LogP contribution in [-0.4, -0.2) is 4.98 Å². The van der Waals surface area contributed by atoms with E-state index < -0.39 is 0 Å². The van der Waals surface area contributed by atoms with Crippen molar-refractivity contribution < 1.29 is 0 Å². The van der Waals surface area contributed by atoms with Crippen molar-refractivity contribution in [3.63, 3.8) is 0 Å². The fourth-order valence-corrected chi connectivity index (χ4v) is 1.46. The van der Waals surface area contributed by atoms with Gasteiger partial charge in [-0.05, 0) is 25.0 Å². The molecule has 0 aliphatic heterocycles. The van der Waals surface area contributed by atoms with Crippen LogP contribution in [-0.2, 0) is 0 Å². The SMILES string of the molecule is C#Cc1cccc(C2CCC2)n1. The third-order valence-corrected chi connectivity index (χ3v) is 2.44. The Labute approximate surface area is 72.8 Å².